The van der Waals surface area contributed by atoms with E-state index in [2.05, 4.69) is 29.9 Å². The first kappa shape index (κ1) is 10.5. The van der Waals surface area contributed by atoms with E-state index in [-0.39, 0.29) is 0 Å². The van der Waals surface area contributed by atoms with Gasteiger partial charge in [-0.2, -0.15) is 0 Å². The molecule has 0 aromatic rings. The molecule has 0 saturated carbocycles. The third-order valence-corrected chi connectivity index (χ3v) is 2.30. The number of thioether (sulfide) groups is 1. The Morgan fingerprint density at radius 1 is 1.46 bits per heavy atom. The molecule has 1 rings (SSSR count). The van der Waals surface area contributed by atoms with Gasteiger partial charge in [-0.25, -0.2) is 0 Å². The van der Waals surface area contributed by atoms with Gasteiger partial charge in [0.05, 0.1) is 12.4 Å². The van der Waals surface area contributed by atoms with E-state index >= 15 is 0 Å². The summed E-state index contributed by atoms with van der Waals surface area (Å²) in [5.74, 6) is 1.11. The van der Waals surface area contributed by atoms with Crippen molar-refractivity contribution in [2.75, 3.05) is 12.9 Å². The number of rotatable bonds is 4. The topological polar surface area (TPSA) is 9.23 Å². The molecule has 1 nitrogen and oxygen atoms in total. The Bertz CT molecular complexity index is 238. The summed E-state index contributed by atoms with van der Waals surface area (Å²) in [4.78, 5) is 0. The standard InChI is InChI=1S/C11H16OS/c1-3-12-11-6-4-10(5-7-11)8-9-13-2/h4,6,8-9H,3,5,7H2,1-2H3. The predicted octanol–water partition coefficient (Wildman–Crippen LogP) is 3.50. The summed E-state index contributed by atoms with van der Waals surface area (Å²) in [6.07, 6.45) is 10.6. The molecule has 0 radical (unpaired) electrons. The van der Waals surface area contributed by atoms with Gasteiger partial charge in [0.15, 0.2) is 0 Å². The highest BCUT2D eigenvalue weighted by Gasteiger charge is 2.03. The van der Waals surface area contributed by atoms with Crippen LogP contribution in [-0.4, -0.2) is 12.9 Å². The zero-order valence-corrected chi connectivity index (χ0v) is 9.06. The van der Waals surface area contributed by atoms with Crippen LogP contribution in [0.15, 0.2) is 35.0 Å². The fourth-order valence-electron chi connectivity index (χ4n) is 1.23. The number of hydrogen-bond acceptors (Lipinski definition) is 2. The zero-order chi connectivity index (χ0) is 9.52. The van der Waals surface area contributed by atoms with E-state index in [1.165, 1.54) is 5.57 Å². The van der Waals surface area contributed by atoms with Crippen molar-refractivity contribution in [1.82, 2.24) is 0 Å². The van der Waals surface area contributed by atoms with E-state index in [4.69, 9.17) is 4.74 Å². The van der Waals surface area contributed by atoms with Gasteiger partial charge in [0.1, 0.15) is 0 Å². The summed E-state index contributed by atoms with van der Waals surface area (Å²) in [5, 5.41) is 2.12. The first-order valence-corrected chi connectivity index (χ1v) is 5.87. The molecule has 0 amide bonds. The van der Waals surface area contributed by atoms with Gasteiger partial charge in [0.2, 0.25) is 0 Å². The summed E-state index contributed by atoms with van der Waals surface area (Å²) >= 11 is 1.73. The first-order valence-electron chi connectivity index (χ1n) is 4.58. The minimum atomic E-state index is 0.773. The molecular formula is C11H16OS. The second-order valence-electron chi connectivity index (χ2n) is 2.85. The molecule has 13 heavy (non-hydrogen) atoms. The van der Waals surface area contributed by atoms with E-state index in [1.54, 1.807) is 11.8 Å². The van der Waals surface area contributed by atoms with Gasteiger partial charge in [0.25, 0.3) is 0 Å². The van der Waals surface area contributed by atoms with Gasteiger partial charge >= 0.3 is 0 Å². The molecule has 0 aromatic heterocycles. The highest BCUT2D eigenvalue weighted by Crippen LogP contribution is 2.20. The zero-order valence-electron chi connectivity index (χ0n) is 8.25. The van der Waals surface area contributed by atoms with Crippen molar-refractivity contribution in [3.05, 3.63) is 35.0 Å². The Balaban J connectivity index is 2.49. The molecule has 1 aliphatic rings. The summed E-state index contributed by atoms with van der Waals surface area (Å²) in [6, 6.07) is 0. The maximum atomic E-state index is 5.42. The molecule has 1 aliphatic carbocycles. The molecule has 0 atom stereocenters. The van der Waals surface area contributed by atoms with E-state index in [0.717, 1.165) is 25.2 Å². The lowest BCUT2D eigenvalue weighted by Crippen LogP contribution is -1.96. The van der Waals surface area contributed by atoms with E-state index < -0.39 is 0 Å². The van der Waals surface area contributed by atoms with Crippen molar-refractivity contribution in [3.8, 4) is 0 Å². The highest BCUT2D eigenvalue weighted by atomic mass is 32.2. The lowest BCUT2D eigenvalue weighted by Gasteiger charge is -2.12. The molecule has 0 spiro atoms. The van der Waals surface area contributed by atoms with Crippen LogP contribution in [0.2, 0.25) is 0 Å². The SMILES string of the molecule is CCOC1=CC=C(C=CSC)CC1. The van der Waals surface area contributed by atoms with Crippen molar-refractivity contribution in [1.29, 1.82) is 0 Å². The number of ether oxygens (including phenoxy) is 1. The average molecular weight is 196 g/mol. The highest BCUT2D eigenvalue weighted by molar-refractivity contribution is 8.01. The van der Waals surface area contributed by atoms with Crippen molar-refractivity contribution < 1.29 is 4.74 Å². The number of hydrogen-bond donors (Lipinski definition) is 0. The molecule has 0 aromatic carbocycles. The van der Waals surface area contributed by atoms with Crippen molar-refractivity contribution in [3.63, 3.8) is 0 Å². The molecule has 0 aliphatic heterocycles. The van der Waals surface area contributed by atoms with Gasteiger partial charge in [-0.15, -0.1) is 11.8 Å². The largest absolute Gasteiger partial charge is 0.498 e. The van der Waals surface area contributed by atoms with Gasteiger partial charge in [-0.1, -0.05) is 12.2 Å². The summed E-state index contributed by atoms with van der Waals surface area (Å²) < 4.78 is 5.42. The first-order chi connectivity index (χ1) is 6.36. The summed E-state index contributed by atoms with van der Waals surface area (Å²) in [5.41, 5.74) is 1.39. The normalized spacial score (nSPS) is 17.1. The Labute approximate surface area is 84.6 Å². The van der Waals surface area contributed by atoms with Gasteiger partial charge in [-0.05, 0) is 36.7 Å². The molecule has 0 heterocycles. The second-order valence-corrected chi connectivity index (χ2v) is 3.59. The molecule has 0 unspecified atom stereocenters. The lowest BCUT2D eigenvalue weighted by atomic mass is 10.0. The summed E-state index contributed by atoms with van der Waals surface area (Å²) in [7, 11) is 0. The maximum absolute atomic E-state index is 5.42. The van der Waals surface area contributed by atoms with Crippen LogP contribution in [0.5, 0.6) is 0 Å². The second kappa shape index (κ2) is 5.92. The average Bonchev–Trinajstić information content (AvgIpc) is 2.17. The maximum Gasteiger partial charge on any atom is 0.0962 e. The third-order valence-electron chi connectivity index (χ3n) is 1.89. The van der Waals surface area contributed by atoms with E-state index in [9.17, 15) is 0 Å². The molecule has 2 heteroatoms. The van der Waals surface area contributed by atoms with Crippen LogP contribution in [-0.2, 0) is 4.74 Å². The van der Waals surface area contributed by atoms with Crippen LogP contribution in [0.25, 0.3) is 0 Å². The predicted molar refractivity (Wildman–Crippen MR) is 59.7 cm³/mol. The summed E-state index contributed by atoms with van der Waals surface area (Å²) in [6.45, 7) is 2.79. The molecule has 72 valence electrons. The van der Waals surface area contributed by atoms with Gasteiger partial charge < -0.3 is 4.74 Å². The molecule has 0 fully saturated rings. The Hall–Kier alpha value is -0.630. The fourth-order valence-corrected chi connectivity index (χ4v) is 1.55. The molecule has 0 bridgehead atoms. The minimum Gasteiger partial charge on any atom is -0.498 e. The van der Waals surface area contributed by atoms with Crippen molar-refractivity contribution >= 4 is 11.8 Å². The van der Waals surface area contributed by atoms with Crippen LogP contribution in [0.4, 0.5) is 0 Å². The van der Waals surface area contributed by atoms with Crippen molar-refractivity contribution in [2.45, 2.75) is 19.8 Å². The quantitative estimate of drug-likeness (QED) is 0.680. The molecule has 0 N–H and O–H groups in total. The van der Waals surface area contributed by atoms with Gasteiger partial charge in [-0.3, -0.25) is 0 Å². The van der Waals surface area contributed by atoms with Crippen LogP contribution in [0.3, 0.4) is 0 Å². The molecule has 0 saturated heterocycles. The van der Waals surface area contributed by atoms with Crippen LogP contribution < -0.4 is 0 Å². The Morgan fingerprint density at radius 3 is 2.85 bits per heavy atom. The van der Waals surface area contributed by atoms with Crippen molar-refractivity contribution in [2.24, 2.45) is 0 Å². The van der Waals surface area contributed by atoms with Crippen LogP contribution in [0, 0.1) is 0 Å². The molecular weight excluding hydrogens is 180 g/mol. The number of allylic oxidation sites excluding steroid dienone is 5. The van der Waals surface area contributed by atoms with E-state index in [0.29, 0.717) is 0 Å². The van der Waals surface area contributed by atoms with E-state index in [1.807, 2.05) is 6.92 Å². The monoisotopic (exact) mass is 196 g/mol. The van der Waals surface area contributed by atoms with Gasteiger partial charge in [0, 0.05) is 6.42 Å². The third kappa shape index (κ3) is 3.73. The smallest absolute Gasteiger partial charge is 0.0962 e. The van der Waals surface area contributed by atoms with Crippen LogP contribution >= 0.6 is 11.8 Å². The minimum absolute atomic E-state index is 0.773. The Kier molecular flexibility index (Phi) is 4.76. The Morgan fingerprint density at radius 2 is 2.31 bits per heavy atom. The lowest BCUT2D eigenvalue weighted by molar-refractivity contribution is 0.217. The fraction of sp³-hybridized carbons (Fsp3) is 0.455. The van der Waals surface area contributed by atoms with Crippen LogP contribution in [0.1, 0.15) is 19.8 Å².